The van der Waals surface area contributed by atoms with Crippen molar-refractivity contribution >= 4 is 27.6 Å². The molecule has 0 unspecified atom stereocenters. The highest BCUT2D eigenvalue weighted by molar-refractivity contribution is 9.10. The molecule has 1 aromatic heterocycles. The first kappa shape index (κ1) is 13.5. The molecular weight excluding hydrogens is 294 g/mol. The lowest BCUT2D eigenvalue weighted by molar-refractivity contribution is 0.228. The van der Waals surface area contributed by atoms with Crippen LogP contribution in [-0.2, 0) is 0 Å². The van der Waals surface area contributed by atoms with Crippen LogP contribution in [0.1, 0.15) is 25.7 Å². The topological polar surface area (TPSA) is 67.1 Å². The first-order valence-electron chi connectivity index (χ1n) is 6.50. The minimum Gasteiger partial charge on any atom is -0.381 e. The van der Waals surface area contributed by atoms with Gasteiger partial charge in [-0.2, -0.15) is 0 Å². The molecule has 0 aliphatic carbocycles. The number of halogens is 1. The zero-order valence-corrected chi connectivity index (χ0v) is 12.1. The van der Waals surface area contributed by atoms with E-state index in [1.54, 1.807) is 6.20 Å². The molecule has 0 amide bonds. The average Bonchev–Trinajstić information content (AvgIpc) is 2.40. The van der Waals surface area contributed by atoms with Crippen molar-refractivity contribution in [3.63, 3.8) is 0 Å². The number of hydrogen-bond acceptors (Lipinski definition) is 5. The van der Waals surface area contributed by atoms with Crippen LogP contribution < -0.4 is 11.1 Å². The van der Waals surface area contributed by atoms with Crippen LogP contribution in [0.3, 0.4) is 0 Å². The van der Waals surface area contributed by atoms with Crippen LogP contribution in [0.25, 0.3) is 0 Å². The standard InChI is InChI=1S/C12H20BrN5/c13-10-9-16-11(14)12(17-10)15-5-4-8-18-6-2-1-3-7-18/h9H,1-8H2,(H2,14,16)(H,15,17). The fourth-order valence-electron chi connectivity index (χ4n) is 2.20. The Hall–Kier alpha value is -0.880. The molecule has 0 aromatic carbocycles. The summed E-state index contributed by atoms with van der Waals surface area (Å²) in [6.45, 7) is 4.53. The lowest BCUT2D eigenvalue weighted by Crippen LogP contribution is -2.31. The van der Waals surface area contributed by atoms with E-state index < -0.39 is 0 Å². The Bertz CT molecular complexity index is 379. The molecule has 100 valence electrons. The van der Waals surface area contributed by atoms with Crippen molar-refractivity contribution < 1.29 is 0 Å². The fraction of sp³-hybridized carbons (Fsp3) is 0.667. The molecule has 1 aliphatic rings. The minimum atomic E-state index is 0.455. The lowest BCUT2D eigenvalue weighted by Gasteiger charge is -2.26. The number of anilines is 2. The lowest BCUT2D eigenvalue weighted by atomic mass is 10.1. The maximum absolute atomic E-state index is 5.75. The van der Waals surface area contributed by atoms with Gasteiger partial charge in [-0.25, -0.2) is 9.97 Å². The Kier molecular flexibility index (Phi) is 5.19. The summed E-state index contributed by atoms with van der Waals surface area (Å²) in [6, 6.07) is 0. The van der Waals surface area contributed by atoms with Gasteiger partial charge in [0.15, 0.2) is 11.6 Å². The molecule has 0 radical (unpaired) electrons. The summed E-state index contributed by atoms with van der Waals surface area (Å²) < 4.78 is 0.704. The summed E-state index contributed by atoms with van der Waals surface area (Å²) in [5.41, 5.74) is 5.75. The summed E-state index contributed by atoms with van der Waals surface area (Å²) in [7, 11) is 0. The molecule has 0 bridgehead atoms. The fourth-order valence-corrected chi connectivity index (χ4v) is 2.48. The van der Waals surface area contributed by atoms with Gasteiger partial charge in [-0.05, 0) is 54.8 Å². The zero-order valence-electron chi connectivity index (χ0n) is 10.5. The second-order valence-electron chi connectivity index (χ2n) is 4.61. The highest BCUT2D eigenvalue weighted by Gasteiger charge is 2.09. The van der Waals surface area contributed by atoms with Crippen molar-refractivity contribution in [2.45, 2.75) is 25.7 Å². The number of nitrogen functional groups attached to an aromatic ring is 1. The van der Waals surface area contributed by atoms with Gasteiger partial charge in [0, 0.05) is 6.54 Å². The SMILES string of the molecule is Nc1ncc(Br)nc1NCCCN1CCCCC1. The Balaban J connectivity index is 1.69. The summed E-state index contributed by atoms with van der Waals surface area (Å²) >= 11 is 3.29. The van der Waals surface area contributed by atoms with Gasteiger partial charge in [0.05, 0.1) is 6.20 Å². The normalized spacial score (nSPS) is 16.7. The van der Waals surface area contributed by atoms with E-state index in [0.29, 0.717) is 16.2 Å². The monoisotopic (exact) mass is 313 g/mol. The smallest absolute Gasteiger partial charge is 0.170 e. The average molecular weight is 314 g/mol. The zero-order chi connectivity index (χ0) is 12.8. The number of piperidine rings is 1. The van der Waals surface area contributed by atoms with Crippen molar-refractivity contribution in [3.05, 3.63) is 10.8 Å². The maximum Gasteiger partial charge on any atom is 0.170 e. The highest BCUT2D eigenvalue weighted by Crippen LogP contribution is 2.15. The number of nitrogens with one attached hydrogen (secondary N) is 1. The van der Waals surface area contributed by atoms with E-state index in [2.05, 4.69) is 36.1 Å². The Labute approximate surface area is 116 Å². The van der Waals surface area contributed by atoms with Gasteiger partial charge in [-0.3, -0.25) is 0 Å². The van der Waals surface area contributed by atoms with Crippen molar-refractivity contribution in [2.24, 2.45) is 0 Å². The first-order valence-corrected chi connectivity index (χ1v) is 7.29. The van der Waals surface area contributed by atoms with Gasteiger partial charge in [0.2, 0.25) is 0 Å². The van der Waals surface area contributed by atoms with Crippen LogP contribution in [0.2, 0.25) is 0 Å². The Morgan fingerprint density at radius 1 is 1.33 bits per heavy atom. The van der Waals surface area contributed by atoms with Crippen LogP contribution >= 0.6 is 15.9 Å². The van der Waals surface area contributed by atoms with Crippen LogP contribution in [0, 0.1) is 0 Å². The van der Waals surface area contributed by atoms with E-state index in [9.17, 15) is 0 Å². The van der Waals surface area contributed by atoms with Crippen LogP contribution in [0.4, 0.5) is 11.6 Å². The Morgan fingerprint density at radius 3 is 2.89 bits per heavy atom. The van der Waals surface area contributed by atoms with Crippen LogP contribution in [0.15, 0.2) is 10.8 Å². The third-order valence-electron chi connectivity index (χ3n) is 3.16. The third kappa shape index (κ3) is 4.10. The largest absolute Gasteiger partial charge is 0.381 e. The van der Waals surface area contributed by atoms with Gasteiger partial charge in [0.25, 0.3) is 0 Å². The van der Waals surface area contributed by atoms with Gasteiger partial charge in [-0.15, -0.1) is 0 Å². The summed E-state index contributed by atoms with van der Waals surface area (Å²) in [5, 5.41) is 3.24. The van der Waals surface area contributed by atoms with Gasteiger partial charge < -0.3 is 16.0 Å². The summed E-state index contributed by atoms with van der Waals surface area (Å²) in [6.07, 6.45) is 6.79. The first-order chi connectivity index (χ1) is 8.75. The summed E-state index contributed by atoms with van der Waals surface area (Å²) in [4.78, 5) is 10.8. The maximum atomic E-state index is 5.75. The van der Waals surface area contributed by atoms with Gasteiger partial charge in [0.1, 0.15) is 4.60 Å². The molecule has 0 saturated carbocycles. The minimum absolute atomic E-state index is 0.455. The Morgan fingerprint density at radius 2 is 2.11 bits per heavy atom. The number of hydrogen-bond donors (Lipinski definition) is 2. The van der Waals surface area contributed by atoms with Crippen molar-refractivity contribution in [1.82, 2.24) is 14.9 Å². The second-order valence-corrected chi connectivity index (χ2v) is 5.42. The van der Waals surface area contributed by atoms with Crippen LogP contribution in [-0.4, -0.2) is 41.0 Å². The molecule has 2 heterocycles. The molecule has 18 heavy (non-hydrogen) atoms. The van der Waals surface area contributed by atoms with Crippen molar-refractivity contribution in [1.29, 1.82) is 0 Å². The summed E-state index contributed by atoms with van der Waals surface area (Å²) in [5.74, 6) is 1.12. The van der Waals surface area contributed by atoms with Crippen LogP contribution in [0.5, 0.6) is 0 Å². The van der Waals surface area contributed by atoms with Gasteiger partial charge >= 0.3 is 0 Å². The van der Waals surface area contributed by atoms with E-state index in [0.717, 1.165) is 19.5 Å². The molecule has 1 aromatic rings. The van der Waals surface area contributed by atoms with E-state index in [1.165, 1.54) is 32.4 Å². The number of nitrogens with two attached hydrogens (primary N) is 1. The van der Waals surface area contributed by atoms with Gasteiger partial charge in [-0.1, -0.05) is 6.42 Å². The number of nitrogens with zero attached hydrogens (tertiary/aromatic N) is 3. The molecular formula is C12H20BrN5. The van der Waals surface area contributed by atoms with E-state index in [1.807, 2.05) is 0 Å². The van der Waals surface area contributed by atoms with E-state index >= 15 is 0 Å². The molecule has 1 saturated heterocycles. The molecule has 0 atom stereocenters. The molecule has 3 N–H and O–H groups in total. The third-order valence-corrected chi connectivity index (χ3v) is 3.55. The molecule has 6 heteroatoms. The predicted octanol–water partition coefficient (Wildman–Crippen LogP) is 2.11. The molecule has 1 fully saturated rings. The predicted molar refractivity (Wildman–Crippen MR) is 77.5 cm³/mol. The quantitative estimate of drug-likeness (QED) is 0.815. The number of rotatable bonds is 5. The van der Waals surface area contributed by atoms with E-state index in [4.69, 9.17) is 5.73 Å². The number of likely N-dealkylation sites (tertiary alicyclic amines) is 1. The molecule has 5 nitrogen and oxygen atoms in total. The molecule has 0 spiro atoms. The molecule has 1 aliphatic heterocycles. The highest BCUT2D eigenvalue weighted by atomic mass is 79.9. The van der Waals surface area contributed by atoms with Crippen molar-refractivity contribution in [2.75, 3.05) is 37.2 Å². The van der Waals surface area contributed by atoms with E-state index in [-0.39, 0.29) is 0 Å². The van der Waals surface area contributed by atoms with Crippen molar-refractivity contribution in [3.8, 4) is 0 Å². The molecule has 2 rings (SSSR count). The second kappa shape index (κ2) is 6.89. The number of aromatic nitrogens is 2.